The zero-order chi connectivity index (χ0) is 13.9. The van der Waals surface area contributed by atoms with Crippen molar-refractivity contribution >= 4 is 10.0 Å². The summed E-state index contributed by atoms with van der Waals surface area (Å²) in [7, 11) is -3.46. The van der Waals surface area contributed by atoms with Crippen LogP contribution in [-0.4, -0.2) is 26.2 Å². The molecule has 19 heavy (non-hydrogen) atoms. The molecule has 2 rings (SSSR count). The van der Waals surface area contributed by atoms with E-state index in [1.807, 2.05) is 13.0 Å². The summed E-state index contributed by atoms with van der Waals surface area (Å²) in [6.45, 7) is 2.31. The van der Waals surface area contributed by atoms with Crippen molar-refractivity contribution in [1.82, 2.24) is 4.72 Å². The number of hydrogen-bond donors (Lipinski definition) is 2. The molecule has 2 atom stereocenters. The number of hydrogen-bond acceptors (Lipinski definition) is 3. The average molecular weight is 283 g/mol. The lowest BCUT2D eigenvalue weighted by atomic mass is 10.1. The van der Waals surface area contributed by atoms with E-state index in [0.29, 0.717) is 11.4 Å². The lowest BCUT2D eigenvalue weighted by molar-refractivity contribution is 0.134. The Bertz CT molecular complexity index is 527. The number of benzene rings is 1. The van der Waals surface area contributed by atoms with E-state index in [1.165, 1.54) is 0 Å². The first-order chi connectivity index (χ1) is 9.03. The molecule has 0 aliphatic heterocycles. The molecule has 1 fully saturated rings. The molecular weight excluding hydrogens is 262 g/mol. The van der Waals surface area contributed by atoms with Gasteiger partial charge >= 0.3 is 0 Å². The van der Waals surface area contributed by atoms with Crippen LogP contribution in [-0.2, 0) is 16.4 Å². The molecule has 1 aliphatic rings. The molecule has 0 spiro atoms. The minimum atomic E-state index is -3.46. The summed E-state index contributed by atoms with van der Waals surface area (Å²) in [4.78, 5) is 0.305. The molecule has 1 aliphatic carbocycles. The van der Waals surface area contributed by atoms with Crippen molar-refractivity contribution in [2.75, 3.05) is 6.54 Å². The SMILES string of the molecule is CCc1cccc(S(=O)(=O)NCC2CCCC2O)c1. The Balaban J connectivity index is 2.05. The molecule has 1 saturated carbocycles. The molecule has 0 radical (unpaired) electrons. The van der Waals surface area contributed by atoms with Crippen molar-refractivity contribution in [1.29, 1.82) is 0 Å². The van der Waals surface area contributed by atoms with E-state index in [2.05, 4.69) is 4.72 Å². The summed E-state index contributed by atoms with van der Waals surface area (Å²) < 4.78 is 27.0. The normalized spacial score (nSPS) is 23.7. The van der Waals surface area contributed by atoms with Gasteiger partial charge in [-0.1, -0.05) is 25.5 Å². The van der Waals surface area contributed by atoms with Crippen LogP contribution in [0.3, 0.4) is 0 Å². The van der Waals surface area contributed by atoms with Gasteiger partial charge in [-0.15, -0.1) is 0 Å². The standard InChI is InChI=1S/C14H21NO3S/c1-2-11-5-3-7-13(9-11)19(17,18)15-10-12-6-4-8-14(12)16/h3,5,7,9,12,14-16H,2,4,6,8,10H2,1H3. The van der Waals surface area contributed by atoms with Gasteiger partial charge in [0, 0.05) is 6.54 Å². The number of aliphatic hydroxyl groups excluding tert-OH is 1. The van der Waals surface area contributed by atoms with Gasteiger partial charge in [0.05, 0.1) is 11.0 Å². The Kier molecular flexibility index (Phi) is 4.60. The van der Waals surface area contributed by atoms with Gasteiger partial charge in [0.15, 0.2) is 0 Å². The molecular formula is C14H21NO3S. The maximum absolute atomic E-state index is 12.2. The monoisotopic (exact) mass is 283 g/mol. The molecule has 1 aromatic rings. The first-order valence-corrected chi connectivity index (χ1v) is 8.28. The smallest absolute Gasteiger partial charge is 0.240 e. The maximum atomic E-state index is 12.2. The molecule has 2 unspecified atom stereocenters. The summed E-state index contributed by atoms with van der Waals surface area (Å²) in [5.41, 5.74) is 1.00. The first kappa shape index (κ1) is 14.5. The average Bonchev–Trinajstić information content (AvgIpc) is 2.82. The minimum Gasteiger partial charge on any atom is -0.393 e. The van der Waals surface area contributed by atoms with Crippen LogP contribution in [0.1, 0.15) is 31.7 Å². The van der Waals surface area contributed by atoms with E-state index in [4.69, 9.17) is 0 Å². The van der Waals surface area contributed by atoms with E-state index < -0.39 is 10.0 Å². The van der Waals surface area contributed by atoms with Crippen LogP contribution in [0.4, 0.5) is 0 Å². The second-order valence-corrected chi connectivity index (χ2v) is 6.88. The fourth-order valence-corrected chi connectivity index (χ4v) is 3.65. The summed E-state index contributed by atoms with van der Waals surface area (Å²) >= 11 is 0. The summed E-state index contributed by atoms with van der Waals surface area (Å²) in [5, 5.41) is 9.70. The molecule has 106 valence electrons. The van der Waals surface area contributed by atoms with Crippen molar-refractivity contribution in [2.24, 2.45) is 5.92 Å². The van der Waals surface area contributed by atoms with Gasteiger partial charge in [0.25, 0.3) is 0 Å². The van der Waals surface area contributed by atoms with Crippen molar-refractivity contribution in [3.05, 3.63) is 29.8 Å². The molecule has 0 aromatic heterocycles. The van der Waals surface area contributed by atoms with E-state index in [9.17, 15) is 13.5 Å². The molecule has 4 nitrogen and oxygen atoms in total. The summed E-state index contributed by atoms with van der Waals surface area (Å²) in [6.07, 6.45) is 3.07. The predicted octanol–water partition coefficient (Wildman–Crippen LogP) is 1.69. The molecule has 0 amide bonds. The first-order valence-electron chi connectivity index (χ1n) is 6.79. The number of aryl methyl sites for hydroxylation is 1. The van der Waals surface area contributed by atoms with E-state index in [1.54, 1.807) is 18.2 Å². The van der Waals surface area contributed by atoms with Gasteiger partial charge in [-0.3, -0.25) is 0 Å². The second-order valence-electron chi connectivity index (χ2n) is 5.11. The Morgan fingerprint density at radius 1 is 1.37 bits per heavy atom. The number of sulfonamides is 1. The summed E-state index contributed by atoms with van der Waals surface area (Å²) in [6, 6.07) is 6.98. The second kappa shape index (κ2) is 6.03. The zero-order valence-corrected chi connectivity index (χ0v) is 12.0. The van der Waals surface area contributed by atoms with Gasteiger partial charge in [0.1, 0.15) is 0 Å². The van der Waals surface area contributed by atoms with E-state index in [0.717, 1.165) is 31.2 Å². The molecule has 0 heterocycles. The topological polar surface area (TPSA) is 66.4 Å². The van der Waals surface area contributed by atoms with Crippen molar-refractivity contribution in [3.63, 3.8) is 0 Å². The largest absolute Gasteiger partial charge is 0.393 e. The van der Waals surface area contributed by atoms with Crippen LogP contribution in [0.2, 0.25) is 0 Å². The van der Waals surface area contributed by atoms with Crippen LogP contribution in [0.5, 0.6) is 0 Å². The highest BCUT2D eigenvalue weighted by molar-refractivity contribution is 7.89. The lowest BCUT2D eigenvalue weighted by Crippen LogP contribution is -2.32. The predicted molar refractivity (Wildman–Crippen MR) is 74.4 cm³/mol. The minimum absolute atomic E-state index is 0.0455. The van der Waals surface area contributed by atoms with Crippen LogP contribution in [0, 0.1) is 5.92 Å². The van der Waals surface area contributed by atoms with Gasteiger partial charge in [0.2, 0.25) is 10.0 Å². The third kappa shape index (κ3) is 3.55. The highest BCUT2D eigenvalue weighted by Gasteiger charge is 2.26. The Morgan fingerprint density at radius 2 is 2.16 bits per heavy atom. The molecule has 0 saturated heterocycles. The van der Waals surface area contributed by atoms with Gasteiger partial charge in [-0.25, -0.2) is 13.1 Å². The van der Waals surface area contributed by atoms with Crippen molar-refractivity contribution in [3.8, 4) is 0 Å². The molecule has 1 aromatic carbocycles. The van der Waals surface area contributed by atoms with Crippen LogP contribution < -0.4 is 4.72 Å². The molecule has 2 N–H and O–H groups in total. The van der Waals surface area contributed by atoms with Crippen LogP contribution >= 0.6 is 0 Å². The number of rotatable bonds is 5. The number of nitrogens with one attached hydrogen (secondary N) is 1. The lowest BCUT2D eigenvalue weighted by Gasteiger charge is -2.15. The van der Waals surface area contributed by atoms with E-state index in [-0.39, 0.29) is 12.0 Å². The summed E-state index contributed by atoms with van der Waals surface area (Å²) in [5.74, 6) is 0.0455. The molecule has 0 bridgehead atoms. The Labute approximate surface area is 114 Å². The Hall–Kier alpha value is -0.910. The maximum Gasteiger partial charge on any atom is 0.240 e. The highest BCUT2D eigenvalue weighted by atomic mass is 32.2. The van der Waals surface area contributed by atoms with Crippen molar-refractivity contribution < 1.29 is 13.5 Å². The third-order valence-electron chi connectivity index (χ3n) is 3.77. The highest BCUT2D eigenvalue weighted by Crippen LogP contribution is 2.25. The fraction of sp³-hybridized carbons (Fsp3) is 0.571. The zero-order valence-electron chi connectivity index (χ0n) is 11.2. The van der Waals surface area contributed by atoms with Gasteiger partial charge in [-0.05, 0) is 42.9 Å². The fourth-order valence-electron chi connectivity index (χ4n) is 2.49. The van der Waals surface area contributed by atoms with Crippen LogP contribution in [0.15, 0.2) is 29.2 Å². The third-order valence-corrected chi connectivity index (χ3v) is 5.19. The van der Waals surface area contributed by atoms with Crippen LogP contribution in [0.25, 0.3) is 0 Å². The molecule has 5 heteroatoms. The van der Waals surface area contributed by atoms with E-state index >= 15 is 0 Å². The van der Waals surface area contributed by atoms with Gasteiger partial charge in [-0.2, -0.15) is 0 Å². The quantitative estimate of drug-likeness (QED) is 0.864. The van der Waals surface area contributed by atoms with Gasteiger partial charge < -0.3 is 5.11 Å². The van der Waals surface area contributed by atoms with Crippen molar-refractivity contribution in [2.45, 2.75) is 43.6 Å². The number of aliphatic hydroxyl groups is 1. The Morgan fingerprint density at radius 3 is 2.79 bits per heavy atom.